The van der Waals surface area contributed by atoms with E-state index in [4.69, 9.17) is 31.3 Å². The normalized spacial score (nSPS) is 19.3. The van der Waals surface area contributed by atoms with Gasteiger partial charge in [-0.3, -0.25) is 4.79 Å². The molecule has 140 valence electrons. The van der Waals surface area contributed by atoms with Gasteiger partial charge in [0.2, 0.25) is 5.91 Å². The van der Waals surface area contributed by atoms with Gasteiger partial charge in [0.15, 0.2) is 0 Å². The predicted octanol–water partition coefficient (Wildman–Crippen LogP) is 4.20. The van der Waals surface area contributed by atoms with Crippen molar-refractivity contribution in [2.45, 2.75) is 51.5 Å². The maximum atomic E-state index is 12.1. The molecular formula is C18H26ClNO5. The topological polar surface area (TPSA) is 95.9 Å². The zero-order valence-electron chi connectivity index (χ0n) is 14.6. The van der Waals surface area contributed by atoms with E-state index in [2.05, 4.69) is 12.2 Å². The Morgan fingerprint density at radius 3 is 2.32 bits per heavy atom. The molecule has 1 aliphatic rings. The van der Waals surface area contributed by atoms with Crippen LogP contribution in [0.2, 0.25) is 5.02 Å². The molecular weight excluding hydrogens is 346 g/mol. The molecule has 0 aromatic heterocycles. The van der Waals surface area contributed by atoms with Gasteiger partial charge < -0.3 is 20.3 Å². The summed E-state index contributed by atoms with van der Waals surface area (Å²) in [6.45, 7) is 2.25. The lowest BCUT2D eigenvalue weighted by Crippen LogP contribution is -2.38. The third kappa shape index (κ3) is 8.12. The van der Waals surface area contributed by atoms with Crippen LogP contribution >= 0.6 is 11.6 Å². The Balaban J connectivity index is 0.000000705. The molecule has 0 bridgehead atoms. The second-order valence-corrected chi connectivity index (χ2v) is 6.52. The summed E-state index contributed by atoms with van der Waals surface area (Å²) in [4.78, 5) is 20.7. The average molecular weight is 372 g/mol. The summed E-state index contributed by atoms with van der Waals surface area (Å²) in [7, 11) is 1.60. The van der Waals surface area contributed by atoms with E-state index >= 15 is 0 Å². The molecule has 1 aromatic carbocycles. The summed E-state index contributed by atoms with van der Waals surface area (Å²) >= 11 is 6.17. The summed E-state index contributed by atoms with van der Waals surface area (Å²) in [5, 5.41) is 17.7. The van der Waals surface area contributed by atoms with Gasteiger partial charge in [-0.25, -0.2) is 4.79 Å². The molecule has 7 heteroatoms. The molecule has 1 amide bonds. The second kappa shape index (κ2) is 10.8. The highest BCUT2D eigenvalue weighted by molar-refractivity contribution is 6.31. The van der Waals surface area contributed by atoms with E-state index in [-0.39, 0.29) is 5.91 Å². The largest absolute Gasteiger partial charge is 0.503 e. The molecule has 0 spiro atoms. The van der Waals surface area contributed by atoms with E-state index in [1.54, 1.807) is 13.2 Å². The van der Waals surface area contributed by atoms with Crippen molar-refractivity contribution in [3.05, 3.63) is 28.8 Å². The third-order valence-corrected chi connectivity index (χ3v) is 4.75. The summed E-state index contributed by atoms with van der Waals surface area (Å²) in [6, 6.07) is 5.77. The van der Waals surface area contributed by atoms with Crippen molar-refractivity contribution in [2.75, 3.05) is 7.11 Å². The molecule has 2 rings (SSSR count). The molecule has 0 atom stereocenters. The van der Waals surface area contributed by atoms with Crippen LogP contribution in [0.1, 0.15) is 44.6 Å². The van der Waals surface area contributed by atoms with Crippen LogP contribution in [0.5, 0.6) is 5.75 Å². The van der Waals surface area contributed by atoms with Gasteiger partial charge in [0, 0.05) is 11.1 Å². The van der Waals surface area contributed by atoms with Gasteiger partial charge in [0.1, 0.15) is 5.75 Å². The van der Waals surface area contributed by atoms with Crippen molar-refractivity contribution in [1.29, 1.82) is 0 Å². The fourth-order valence-electron chi connectivity index (χ4n) is 2.97. The van der Waals surface area contributed by atoms with Crippen molar-refractivity contribution in [1.82, 2.24) is 5.32 Å². The molecule has 1 aromatic rings. The molecule has 0 unspecified atom stereocenters. The number of hydrogen-bond acceptors (Lipinski definition) is 3. The van der Waals surface area contributed by atoms with Crippen molar-refractivity contribution in [2.24, 2.45) is 5.92 Å². The monoisotopic (exact) mass is 371 g/mol. The molecule has 0 radical (unpaired) electrons. The van der Waals surface area contributed by atoms with Crippen molar-refractivity contribution in [3.63, 3.8) is 0 Å². The Hall–Kier alpha value is -1.95. The lowest BCUT2D eigenvalue weighted by molar-refractivity contribution is -0.121. The van der Waals surface area contributed by atoms with Crippen LogP contribution < -0.4 is 10.1 Å². The van der Waals surface area contributed by atoms with E-state index in [0.29, 0.717) is 23.2 Å². The van der Waals surface area contributed by atoms with Gasteiger partial charge >= 0.3 is 6.16 Å². The first kappa shape index (κ1) is 21.1. The SMILES string of the molecule is CCC1CCC(NC(=O)Cc2ccc(OC)cc2Cl)CC1.O=C(O)O. The van der Waals surface area contributed by atoms with Crippen molar-refractivity contribution >= 4 is 23.7 Å². The highest BCUT2D eigenvalue weighted by Crippen LogP contribution is 2.27. The first-order valence-corrected chi connectivity index (χ1v) is 8.77. The molecule has 25 heavy (non-hydrogen) atoms. The average Bonchev–Trinajstić information content (AvgIpc) is 2.57. The van der Waals surface area contributed by atoms with Crippen LogP contribution in [0.25, 0.3) is 0 Å². The number of nitrogens with one attached hydrogen (secondary N) is 1. The number of halogens is 1. The van der Waals surface area contributed by atoms with E-state index < -0.39 is 6.16 Å². The maximum Gasteiger partial charge on any atom is 0.503 e. The van der Waals surface area contributed by atoms with Crippen LogP contribution in [0.15, 0.2) is 18.2 Å². The molecule has 1 fully saturated rings. The molecule has 0 heterocycles. The van der Waals surface area contributed by atoms with Gasteiger partial charge in [0.25, 0.3) is 0 Å². The van der Waals surface area contributed by atoms with Crippen LogP contribution in [-0.4, -0.2) is 35.4 Å². The van der Waals surface area contributed by atoms with Crippen molar-refractivity contribution < 1.29 is 24.5 Å². The quantitative estimate of drug-likeness (QED) is 0.720. The molecule has 6 nitrogen and oxygen atoms in total. The Bertz CT molecular complexity index is 567. The van der Waals surface area contributed by atoms with Gasteiger partial charge in [-0.05, 0) is 49.3 Å². The number of benzene rings is 1. The number of hydrogen-bond donors (Lipinski definition) is 3. The smallest absolute Gasteiger partial charge is 0.497 e. The van der Waals surface area contributed by atoms with Crippen LogP contribution in [0.4, 0.5) is 4.79 Å². The fraction of sp³-hybridized carbons (Fsp3) is 0.556. The first-order valence-electron chi connectivity index (χ1n) is 8.39. The van der Waals surface area contributed by atoms with Crippen molar-refractivity contribution in [3.8, 4) is 5.75 Å². The Morgan fingerprint density at radius 2 is 1.84 bits per heavy atom. The highest BCUT2D eigenvalue weighted by Gasteiger charge is 2.21. The number of methoxy groups -OCH3 is 1. The number of carbonyl (C=O) groups is 2. The summed E-state index contributed by atoms with van der Waals surface area (Å²) in [5.41, 5.74) is 0.845. The second-order valence-electron chi connectivity index (χ2n) is 6.11. The number of carbonyl (C=O) groups excluding carboxylic acids is 1. The van der Waals surface area contributed by atoms with Gasteiger partial charge in [0.05, 0.1) is 13.5 Å². The zero-order valence-corrected chi connectivity index (χ0v) is 15.4. The summed E-state index contributed by atoms with van der Waals surface area (Å²) in [6.07, 6.45) is 4.40. The Labute approximate surface area is 153 Å². The first-order chi connectivity index (χ1) is 11.8. The zero-order chi connectivity index (χ0) is 18.8. The van der Waals surface area contributed by atoms with E-state index in [0.717, 1.165) is 24.3 Å². The van der Waals surface area contributed by atoms with Crippen LogP contribution in [-0.2, 0) is 11.2 Å². The number of rotatable bonds is 5. The Morgan fingerprint density at radius 1 is 1.24 bits per heavy atom. The minimum Gasteiger partial charge on any atom is -0.497 e. The summed E-state index contributed by atoms with van der Waals surface area (Å²) in [5.74, 6) is 1.61. The molecule has 1 saturated carbocycles. The molecule has 1 aliphatic carbocycles. The van der Waals surface area contributed by atoms with Gasteiger partial charge in [-0.1, -0.05) is 31.0 Å². The van der Waals surface area contributed by atoms with Crippen LogP contribution in [0.3, 0.4) is 0 Å². The van der Waals surface area contributed by atoms with Gasteiger partial charge in [-0.2, -0.15) is 0 Å². The number of carboxylic acid groups (broad SMARTS) is 2. The lowest BCUT2D eigenvalue weighted by atomic mass is 9.84. The van der Waals surface area contributed by atoms with Gasteiger partial charge in [-0.15, -0.1) is 0 Å². The predicted molar refractivity (Wildman–Crippen MR) is 96.5 cm³/mol. The lowest BCUT2D eigenvalue weighted by Gasteiger charge is -2.28. The fourth-order valence-corrected chi connectivity index (χ4v) is 3.20. The molecule has 0 saturated heterocycles. The van der Waals surface area contributed by atoms with E-state index in [9.17, 15) is 4.79 Å². The minimum absolute atomic E-state index is 0.0574. The molecule has 0 aliphatic heterocycles. The highest BCUT2D eigenvalue weighted by atomic mass is 35.5. The molecule has 3 N–H and O–H groups in total. The third-order valence-electron chi connectivity index (χ3n) is 4.40. The van der Waals surface area contributed by atoms with Crippen LogP contribution in [0, 0.1) is 5.92 Å². The number of amides is 1. The van der Waals surface area contributed by atoms with E-state index in [1.807, 2.05) is 12.1 Å². The van der Waals surface area contributed by atoms with E-state index in [1.165, 1.54) is 19.3 Å². The Kier molecular flexibility index (Phi) is 9.13. The minimum atomic E-state index is -1.83. The summed E-state index contributed by atoms with van der Waals surface area (Å²) < 4.78 is 5.11. The number of ether oxygens (including phenoxy) is 1. The maximum absolute atomic E-state index is 12.1. The standard InChI is InChI=1S/C17H24ClNO2.CH2O3/c1-3-12-4-7-14(8-5-12)19-17(20)10-13-6-9-15(21-2)11-16(13)18;2-1(3)4/h6,9,11-12,14H,3-5,7-8,10H2,1-2H3,(H,19,20);(H2,2,3,4).